The summed E-state index contributed by atoms with van der Waals surface area (Å²) in [5, 5.41) is 12.7. The van der Waals surface area contributed by atoms with Crippen molar-refractivity contribution in [3.63, 3.8) is 0 Å². The second-order valence-electron chi connectivity index (χ2n) is 5.45. The van der Waals surface area contributed by atoms with Crippen molar-refractivity contribution in [2.24, 2.45) is 0 Å². The summed E-state index contributed by atoms with van der Waals surface area (Å²) in [6.07, 6.45) is 2.08. The van der Waals surface area contributed by atoms with Gasteiger partial charge in [-0.25, -0.2) is 4.79 Å². The van der Waals surface area contributed by atoms with Gasteiger partial charge in [-0.15, -0.1) is 0 Å². The number of unbranched alkanes of at least 4 members (excludes halogenated alkanes) is 1. The number of para-hydroxylation sites is 1. The summed E-state index contributed by atoms with van der Waals surface area (Å²) in [4.78, 5) is 23.5. The zero-order valence-corrected chi connectivity index (χ0v) is 12.8. The third-order valence-electron chi connectivity index (χ3n) is 3.73. The van der Waals surface area contributed by atoms with Crippen LogP contribution < -0.4 is 5.32 Å². The number of benzene rings is 1. The Balaban J connectivity index is 2.08. The molecule has 0 aliphatic carbocycles. The molecule has 118 valence electrons. The van der Waals surface area contributed by atoms with Crippen LogP contribution in [0, 0.1) is 0 Å². The molecule has 0 radical (unpaired) electrons. The van der Waals surface area contributed by atoms with E-state index in [-0.39, 0.29) is 5.91 Å². The highest BCUT2D eigenvalue weighted by Gasteiger charge is 2.25. The quantitative estimate of drug-likeness (QED) is 0.822. The lowest BCUT2D eigenvalue weighted by Gasteiger charge is -2.16. The maximum atomic E-state index is 12.3. The fourth-order valence-electron chi connectivity index (χ4n) is 2.31. The highest BCUT2D eigenvalue weighted by Crippen LogP contribution is 2.25. The van der Waals surface area contributed by atoms with Gasteiger partial charge in [-0.2, -0.15) is 0 Å². The van der Waals surface area contributed by atoms with E-state index in [1.54, 1.807) is 6.92 Å². The topological polar surface area (TPSA) is 79.5 Å². The molecule has 0 saturated heterocycles. The van der Waals surface area contributed by atoms with Crippen LogP contribution >= 0.6 is 0 Å². The molecule has 2 atom stereocenters. The zero-order chi connectivity index (χ0) is 16.1. The van der Waals surface area contributed by atoms with Crippen LogP contribution in [0.3, 0.4) is 0 Å². The molecule has 1 heterocycles. The van der Waals surface area contributed by atoms with Gasteiger partial charge in [0, 0.05) is 5.39 Å². The minimum Gasteiger partial charge on any atom is -0.480 e. The number of carboxylic acid groups (broad SMARTS) is 1. The molecule has 0 fully saturated rings. The summed E-state index contributed by atoms with van der Waals surface area (Å²) < 4.78 is 5.67. The third-order valence-corrected chi connectivity index (χ3v) is 3.73. The molecule has 22 heavy (non-hydrogen) atoms. The number of hydrogen-bond donors (Lipinski definition) is 2. The maximum Gasteiger partial charge on any atom is 0.326 e. The van der Waals surface area contributed by atoms with Gasteiger partial charge in [-0.05, 0) is 25.5 Å². The number of nitrogens with one attached hydrogen (secondary N) is 1. The number of fused-ring (bicyclic) bond motifs is 1. The van der Waals surface area contributed by atoms with Crippen molar-refractivity contribution >= 4 is 22.8 Å². The minimum absolute atomic E-state index is 0.331. The molecule has 0 saturated carbocycles. The van der Waals surface area contributed by atoms with E-state index in [4.69, 9.17) is 4.42 Å². The zero-order valence-electron chi connectivity index (χ0n) is 12.8. The van der Waals surface area contributed by atoms with Gasteiger partial charge in [0.2, 0.25) is 5.91 Å². The summed E-state index contributed by atoms with van der Waals surface area (Å²) in [6, 6.07) is 8.49. The molecule has 0 bridgehead atoms. The highest BCUT2D eigenvalue weighted by atomic mass is 16.4. The smallest absolute Gasteiger partial charge is 0.326 e. The molecular formula is C17H21NO4. The SMILES string of the molecule is CCCC[C@H](NC(=O)C(C)c1cc2ccccc2o1)C(=O)O. The van der Waals surface area contributed by atoms with E-state index in [9.17, 15) is 14.7 Å². The van der Waals surface area contributed by atoms with Crippen LogP contribution in [0.5, 0.6) is 0 Å². The van der Waals surface area contributed by atoms with E-state index in [1.807, 2.05) is 37.3 Å². The molecule has 5 heteroatoms. The molecule has 5 nitrogen and oxygen atoms in total. The second kappa shape index (κ2) is 7.11. The standard InChI is InChI=1S/C17H21NO4/c1-3-4-8-13(17(20)21)18-16(19)11(2)15-10-12-7-5-6-9-14(12)22-15/h5-7,9-11,13H,3-4,8H2,1-2H3,(H,18,19)(H,20,21)/t11?,13-/m0/s1. The van der Waals surface area contributed by atoms with Crippen molar-refractivity contribution in [1.29, 1.82) is 0 Å². The van der Waals surface area contributed by atoms with Gasteiger partial charge in [0.1, 0.15) is 17.4 Å². The lowest BCUT2D eigenvalue weighted by atomic mass is 10.1. The number of carbonyl (C=O) groups is 2. The van der Waals surface area contributed by atoms with Gasteiger partial charge in [0.15, 0.2) is 0 Å². The number of rotatable bonds is 7. The van der Waals surface area contributed by atoms with Gasteiger partial charge >= 0.3 is 5.97 Å². The third kappa shape index (κ3) is 3.67. The van der Waals surface area contributed by atoms with Gasteiger partial charge in [0.25, 0.3) is 0 Å². The van der Waals surface area contributed by atoms with E-state index in [1.165, 1.54) is 0 Å². The van der Waals surface area contributed by atoms with Crippen molar-refractivity contribution < 1.29 is 19.1 Å². The fraction of sp³-hybridized carbons (Fsp3) is 0.412. The van der Waals surface area contributed by atoms with Crippen LogP contribution in [-0.4, -0.2) is 23.0 Å². The molecule has 1 aromatic carbocycles. The second-order valence-corrected chi connectivity index (χ2v) is 5.45. The molecule has 2 rings (SSSR count). The van der Waals surface area contributed by atoms with Crippen molar-refractivity contribution in [2.75, 3.05) is 0 Å². The Labute approximate surface area is 129 Å². The summed E-state index contributed by atoms with van der Waals surface area (Å²) in [5.74, 6) is -1.32. The van der Waals surface area contributed by atoms with Gasteiger partial charge < -0.3 is 14.8 Å². The van der Waals surface area contributed by atoms with Crippen LogP contribution in [0.4, 0.5) is 0 Å². The number of furan rings is 1. The molecule has 1 aromatic heterocycles. The number of carbonyl (C=O) groups excluding carboxylic acids is 1. The van der Waals surface area contributed by atoms with Crippen molar-refractivity contribution in [3.05, 3.63) is 36.1 Å². The average Bonchev–Trinajstić information content (AvgIpc) is 2.94. The first-order chi connectivity index (χ1) is 10.5. The number of hydrogen-bond acceptors (Lipinski definition) is 3. The average molecular weight is 303 g/mol. The van der Waals surface area contributed by atoms with Crippen LogP contribution in [0.25, 0.3) is 11.0 Å². The van der Waals surface area contributed by atoms with Crippen molar-refractivity contribution in [3.8, 4) is 0 Å². The number of aliphatic carboxylic acids is 1. The molecule has 2 aromatic rings. The van der Waals surface area contributed by atoms with Gasteiger partial charge in [-0.3, -0.25) is 4.79 Å². The van der Waals surface area contributed by atoms with Crippen LogP contribution in [0.2, 0.25) is 0 Å². The van der Waals surface area contributed by atoms with Gasteiger partial charge in [0.05, 0.1) is 5.92 Å². The molecule has 1 amide bonds. The van der Waals surface area contributed by atoms with Crippen LogP contribution in [0.1, 0.15) is 44.8 Å². The van der Waals surface area contributed by atoms with E-state index < -0.39 is 17.9 Å². The van der Waals surface area contributed by atoms with Crippen molar-refractivity contribution in [2.45, 2.75) is 45.1 Å². The molecule has 0 aliphatic rings. The van der Waals surface area contributed by atoms with E-state index in [2.05, 4.69) is 5.32 Å². The van der Waals surface area contributed by atoms with E-state index in [0.29, 0.717) is 12.2 Å². The highest BCUT2D eigenvalue weighted by molar-refractivity contribution is 5.88. The Bertz CT molecular complexity index is 628. The molecule has 2 N–H and O–H groups in total. The molecule has 0 spiro atoms. The first-order valence-corrected chi connectivity index (χ1v) is 7.54. The first kappa shape index (κ1) is 16.1. The van der Waals surface area contributed by atoms with E-state index >= 15 is 0 Å². The predicted octanol–water partition coefficient (Wildman–Crippen LogP) is 3.30. The van der Waals surface area contributed by atoms with Gasteiger partial charge in [-0.1, -0.05) is 38.0 Å². The Morgan fingerprint density at radius 2 is 2.05 bits per heavy atom. The Hall–Kier alpha value is -2.30. The summed E-state index contributed by atoms with van der Waals surface area (Å²) in [7, 11) is 0. The monoisotopic (exact) mass is 303 g/mol. The molecule has 0 aliphatic heterocycles. The lowest BCUT2D eigenvalue weighted by Crippen LogP contribution is -2.42. The normalized spacial score (nSPS) is 13.7. The number of carboxylic acids is 1. The summed E-state index contributed by atoms with van der Waals surface area (Å²) in [5.41, 5.74) is 0.720. The molecule has 1 unspecified atom stereocenters. The predicted molar refractivity (Wildman–Crippen MR) is 83.7 cm³/mol. The lowest BCUT2D eigenvalue weighted by molar-refractivity contribution is -0.142. The Morgan fingerprint density at radius 1 is 1.32 bits per heavy atom. The summed E-state index contributed by atoms with van der Waals surface area (Å²) >= 11 is 0. The Kier molecular flexibility index (Phi) is 5.20. The van der Waals surface area contributed by atoms with Crippen LogP contribution in [-0.2, 0) is 9.59 Å². The minimum atomic E-state index is -1.00. The fourth-order valence-corrected chi connectivity index (χ4v) is 2.31. The van der Waals surface area contributed by atoms with E-state index in [0.717, 1.165) is 23.8 Å². The largest absolute Gasteiger partial charge is 0.480 e. The number of amides is 1. The molecular weight excluding hydrogens is 282 g/mol. The van der Waals surface area contributed by atoms with Crippen molar-refractivity contribution in [1.82, 2.24) is 5.32 Å². The first-order valence-electron chi connectivity index (χ1n) is 7.54. The Morgan fingerprint density at radius 3 is 2.68 bits per heavy atom. The van der Waals surface area contributed by atoms with Crippen LogP contribution in [0.15, 0.2) is 34.7 Å². The summed E-state index contributed by atoms with van der Waals surface area (Å²) in [6.45, 7) is 3.70. The maximum absolute atomic E-state index is 12.3.